The van der Waals surface area contributed by atoms with Gasteiger partial charge < -0.3 is 15.0 Å². The van der Waals surface area contributed by atoms with Crippen LogP contribution in [-0.2, 0) is 4.79 Å². The van der Waals surface area contributed by atoms with Crippen LogP contribution in [0.3, 0.4) is 0 Å². The van der Waals surface area contributed by atoms with E-state index in [-0.39, 0.29) is 23.8 Å². The number of likely N-dealkylation sites (tertiary alicyclic amines) is 1. The van der Waals surface area contributed by atoms with Crippen LogP contribution in [0.4, 0.5) is 0 Å². The van der Waals surface area contributed by atoms with Crippen LogP contribution in [-0.4, -0.2) is 36.9 Å². The first kappa shape index (κ1) is 21.9. The molecule has 0 saturated carbocycles. The van der Waals surface area contributed by atoms with Crippen LogP contribution >= 0.6 is 0 Å². The summed E-state index contributed by atoms with van der Waals surface area (Å²) < 4.78 is 5.45. The summed E-state index contributed by atoms with van der Waals surface area (Å²) in [6.07, 6.45) is 1.35. The molecular weight excluding hydrogens is 400 g/mol. The molecule has 0 aliphatic carbocycles. The maximum Gasteiger partial charge on any atom is 0.254 e. The van der Waals surface area contributed by atoms with E-state index in [4.69, 9.17) is 4.74 Å². The van der Waals surface area contributed by atoms with Gasteiger partial charge in [0.05, 0.1) is 13.2 Å². The second kappa shape index (κ2) is 9.43. The van der Waals surface area contributed by atoms with Gasteiger partial charge in [0.2, 0.25) is 5.91 Å². The first-order valence-electron chi connectivity index (χ1n) is 11.2. The van der Waals surface area contributed by atoms with Crippen LogP contribution in [0.5, 0.6) is 5.75 Å². The van der Waals surface area contributed by atoms with E-state index in [0.29, 0.717) is 31.5 Å². The summed E-state index contributed by atoms with van der Waals surface area (Å²) in [5.74, 6) is 0.771. The Morgan fingerprint density at radius 3 is 2.31 bits per heavy atom. The molecule has 0 aromatic heterocycles. The van der Waals surface area contributed by atoms with Gasteiger partial charge in [0.1, 0.15) is 5.75 Å². The van der Waals surface area contributed by atoms with Gasteiger partial charge in [0.25, 0.3) is 5.91 Å². The van der Waals surface area contributed by atoms with Crippen LogP contribution in [0.2, 0.25) is 0 Å². The second-order valence-corrected chi connectivity index (χ2v) is 8.51. The fraction of sp³-hybridized carbons (Fsp3) is 0.333. The summed E-state index contributed by atoms with van der Waals surface area (Å²) in [5.41, 5.74) is 2.99. The SMILES string of the molecule is COc1ccc(C(=O)N2CCC(C(=O)N[C@H](C)c3ccccc3C)CC2)c2ccccc12. The monoisotopic (exact) mass is 430 g/mol. The van der Waals surface area contributed by atoms with Crippen LogP contribution < -0.4 is 10.1 Å². The predicted octanol–water partition coefficient (Wildman–Crippen LogP) is 4.89. The molecule has 0 bridgehead atoms. The summed E-state index contributed by atoms with van der Waals surface area (Å²) >= 11 is 0. The van der Waals surface area contributed by atoms with Gasteiger partial charge >= 0.3 is 0 Å². The summed E-state index contributed by atoms with van der Waals surface area (Å²) in [6, 6.07) is 19.6. The molecule has 32 heavy (non-hydrogen) atoms. The van der Waals surface area contributed by atoms with Crippen molar-refractivity contribution in [1.29, 1.82) is 0 Å². The van der Waals surface area contributed by atoms with Crippen LogP contribution in [0, 0.1) is 12.8 Å². The molecule has 1 N–H and O–H groups in total. The standard InChI is InChI=1S/C27H30N2O3/c1-18-8-4-5-9-21(18)19(2)28-26(30)20-14-16-29(17-15-20)27(31)24-12-13-25(32-3)23-11-7-6-10-22(23)24/h4-13,19-20H,14-17H2,1-3H3,(H,28,30)/t19-/m1/s1. The van der Waals surface area contributed by atoms with E-state index in [1.165, 1.54) is 5.56 Å². The lowest BCUT2D eigenvalue weighted by molar-refractivity contribution is -0.127. The number of hydrogen-bond donors (Lipinski definition) is 1. The van der Waals surface area contributed by atoms with E-state index in [0.717, 1.165) is 22.1 Å². The molecule has 1 aliphatic heterocycles. The number of piperidine rings is 1. The number of aryl methyl sites for hydroxylation is 1. The Morgan fingerprint density at radius 1 is 0.969 bits per heavy atom. The number of hydrogen-bond acceptors (Lipinski definition) is 3. The Balaban J connectivity index is 1.41. The van der Waals surface area contributed by atoms with Crippen molar-refractivity contribution in [2.24, 2.45) is 5.92 Å². The van der Waals surface area contributed by atoms with Gasteiger partial charge in [-0.15, -0.1) is 0 Å². The van der Waals surface area contributed by atoms with Crippen molar-refractivity contribution < 1.29 is 14.3 Å². The number of nitrogens with one attached hydrogen (secondary N) is 1. The van der Waals surface area contributed by atoms with Gasteiger partial charge in [-0.1, -0.05) is 48.5 Å². The minimum absolute atomic E-state index is 0.0102. The van der Waals surface area contributed by atoms with Crippen molar-refractivity contribution in [1.82, 2.24) is 10.2 Å². The fourth-order valence-corrected chi connectivity index (χ4v) is 4.63. The molecule has 1 saturated heterocycles. The number of amides is 2. The minimum atomic E-state index is -0.0712. The zero-order valence-corrected chi connectivity index (χ0v) is 18.9. The van der Waals surface area contributed by atoms with Gasteiger partial charge in [-0.05, 0) is 55.3 Å². The number of carbonyl (C=O) groups is 2. The lowest BCUT2D eigenvalue weighted by Gasteiger charge is -2.32. The molecule has 1 heterocycles. The van der Waals surface area contributed by atoms with Crippen LogP contribution in [0.25, 0.3) is 10.8 Å². The van der Waals surface area contributed by atoms with Crippen molar-refractivity contribution in [2.75, 3.05) is 20.2 Å². The van der Waals surface area contributed by atoms with Crippen molar-refractivity contribution in [3.8, 4) is 5.75 Å². The number of benzene rings is 3. The minimum Gasteiger partial charge on any atom is -0.496 e. The fourth-order valence-electron chi connectivity index (χ4n) is 4.63. The van der Waals surface area contributed by atoms with E-state index in [1.54, 1.807) is 7.11 Å². The zero-order valence-electron chi connectivity index (χ0n) is 18.9. The van der Waals surface area contributed by atoms with Crippen LogP contribution in [0.1, 0.15) is 47.3 Å². The van der Waals surface area contributed by atoms with Crippen molar-refractivity contribution in [2.45, 2.75) is 32.7 Å². The molecule has 3 aromatic rings. The average Bonchev–Trinajstić information content (AvgIpc) is 2.83. The number of methoxy groups -OCH3 is 1. The summed E-state index contributed by atoms with van der Waals surface area (Å²) in [4.78, 5) is 28.0. The van der Waals surface area contributed by atoms with Crippen LogP contribution in [0.15, 0.2) is 60.7 Å². The highest BCUT2D eigenvalue weighted by atomic mass is 16.5. The largest absolute Gasteiger partial charge is 0.496 e. The molecule has 1 atom stereocenters. The Morgan fingerprint density at radius 2 is 1.62 bits per heavy atom. The highest BCUT2D eigenvalue weighted by Gasteiger charge is 2.29. The number of carbonyl (C=O) groups excluding carboxylic acids is 2. The molecule has 5 heteroatoms. The van der Waals surface area contributed by atoms with Gasteiger partial charge in [-0.3, -0.25) is 9.59 Å². The molecule has 166 valence electrons. The van der Waals surface area contributed by atoms with E-state index in [9.17, 15) is 9.59 Å². The number of ether oxygens (including phenoxy) is 1. The van der Waals surface area contributed by atoms with E-state index >= 15 is 0 Å². The molecule has 4 rings (SSSR count). The Labute approximate surface area is 189 Å². The Hall–Kier alpha value is -3.34. The quantitative estimate of drug-likeness (QED) is 0.627. The van der Waals surface area contributed by atoms with E-state index < -0.39 is 0 Å². The summed E-state index contributed by atoms with van der Waals surface area (Å²) in [5, 5.41) is 4.99. The molecule has 5 nitrogen and oxygen atoms in total. The average molecular weight is 431 g/mol. The molecule has 0 unspecified atom stereocenters. The lowest BCUT2D eigenvalue weighted by Crippen LogP contribution is -2.43. The predicted molar refractivity (Wildman–Crippen MR) is 127 cm³/mol. The molecule has 1 fully saturated rings. The van der Waals surface area contributed by atoms with Crippen molar-refractivity contribution in [3.63, 3.8) is 0 Å². The zero-order chi connectivity index (χ0) is 22.7. The summed E-state index contributed by atoms with van der Waals surface area (Å²) in [6.45, 7) is 5.24. The molecule has 0 spiro atoms. The summed E-state index contributed by atoms with van der Waals surface area (Å²) in [7, 11) is 1.64. The molecule has 0 radical (unpaired) electrons. The maximum atomic E-state index is 13.3. The molecule has 3 aromatic carbocycles. The lowest BCUT2D eigenvalue weighted by atomic mass is 9.93. The third-order valence-corrected chi connectivity index (χ3v) is 6.50. The number of nitrogens with zero attached hydrogens (tertiary/aromatic N) is 1. The van der Waals surface area contributed by atoms with Gasteiger partial charge in [0, 0.05) is 30.0 Å². The van der Waals surface area contributed by atoms with Gasteiger partial charge in [-0.2, -0.15) is 0 Å². The third-order valence-electron chi connectivity index (χ3n) is 6.50. The molecule has 2 amide bonds. The van der Waals surface area contributed by atoms with Crippen molar-refractivity contribution >= 4 is 22.6 Å². The normalized spacial score (nSPS) is 15.4. The first-order chi connectivity index (χ1) is 15.5. The number of fused-ring (bicyclic) bond motifs is 1. The molecular formula is C27H30N2O3. The highest BCUT2D eigenvalue weighted by Crippen LogP contribution is 2.30. The smallest absolute Gasteiger partial charge is 0.254 e. The Kier molecular flexibility index (Phi) is 6.45. The number of rotatable bonds is 5. The molecule has 1 aliphatic rings. The third kappa shape index (κ3) is 4.33. The van der Waals surface area contributed by atoms with E-state index in [2.05, 4.69) is 24.4 Å². The highest BCUT2D eigenvalue weighted by molar-refractivity contribution is 6.08. The first-order valence-corrected chi connectivity index (χ1v) is 11.2. The van der Waals surface area contributed by atoms with E-state index in [1.807, 2.05) is 60.4 Å². The maximum absolute atomic E-state index is 13.3. The second-order valence-electron chi connectivity index (χ2n) is 8.51. The van der Waals surface area contributed by atoms with Crippen molar-refractivity contribution in [3.05, 3.63) is 77.4 Å². The Bertz CT molecular complexity index is 1130. The topological polar surface area (TPSA) is 58.6 Å². The van der Waals surface area contributed by atoms with Gasteiger partial charge in [0.15, 0.2) is 0 Å². The van der Waals surface area contributed by atoms with Gasteiger partial charge in [-0.25, -0.2) is 0 Å².